The van der Waals surface area contributed by atoms with Gasteiger partial charge in [0.05, 0.1) is 53.8 Å². The molecular formula is C67H68N13O7S+. The Morgan fingerprint density at radius 3 is 1.50 bits per heavy atom. The van der Waals surface area contributed by atoms with Crippen molar-refractivity contribution >= 4 is 51.2 Å². The lowest BCUT2D eigenvalue weighted by Gasteiger charge is -2.14. The summed E-state index contributed by atoms with van der Waals surface area (Å²) in [4.78, 5) is 59.1. The van der Waals surface area contributed by atoms with Gasteiger partial charge in [0.15, 0.2) is 15.5 Å². The molecule has 7 heterocycles. The van der Waals surface area contributed by atoms with E-state index < -0.39 is 9.84 Å². The number of amides is 4. The molecule has 3 aromatic carbocycles. The minimum absolute atomic E-state index is 0.00692. The molecule has 0 bridgehead atoms. The van der Waals surface area contributed by atoms with Gasteiger partial charge in [0, 0.05) is 115 Å². The van der Waals surface area contributed by atoms with E-state index in [-0.39, 0.29) is 34.6 Å². The van der Waals surface area contributed by atoms with Crippen molar-refractivity contribution in [2.75, 3.05) is 19.3 Å². The summed E-state index contributed by atoms with van der Waals surface area (Å²) in [6, 6.07) is 21.9. The smallest absolute Gasteiger partial charge is 0.347 e. The van der Waals surface area contributed by atoms with Crippen LogP contribution < -0.4 is 20.6 Å². The number of carbonyl (C=O) groups excluding carboxylic acids is 4. The fourth-order valence-corrected chi connectivity index (χ4v) is 10.9. The number of nitrogens with zero attached hydrogens (tertiary/aromatic N) is 10. The molecule has 5 fully saturated rings. The molecule has 14 rings (SSSR count). The lowest BCUT2D eigenvalue weighted by atomic mass is 10.0. The first kappa shape index (κ1) is 58.6. The molecule has 4 aliphatic carbocycles. The van der Waals surface area contributed by atoms with Gasteiger partial charge in [-0.25, -0.2) is 22.5 Å². The van der Waals surface area contributed by atoms with E-state index in [1.54, 1.807) is 52.2 Å². The van der Waals surface area contributed by atoms with Gasteiger partial charge in [-0.15, -0.1) is 0 Å². The Kier molecular flexibility index (Phi) is 16.6. The first-order chi connectivity index (χ1) is 42.4. The van der Waals surface area contributed by atoms with E-state index in [2.05, 4.69) is 64.7 Å². The van der Waals surface area contributed by atoms with E-state index in [1.165, 1.54) is 30.7 Å². The van der Waals surface area contributed by atoms with Crippen LogP contribution in [-0.2, 0) is 19.4 Å². The van der Waals surface area contributed by atoms with E-state index in [0.717, 1.165) is 107 Å². The zero-order chi connectivity index (χ0) is 61.2. The number of aryl methyl sites for hydroxylation is 3. The number of sulfone groups is 1. The highest BCUT2D eigenvalue weighted by atomic mass is 32.2. The van der Waals surface area contributed by atoms with Gasteiger partial charge >= 0.3 is 12.1 Å². The number of nitrogens with one attached hydrogen (secondary N) is 3. The first-order valence-electron chi connectivity index (χ1n) is 29.8. The average molecular weight is 1200 g/mol. The summed E-state index contributed by atoms with van der Waals surface area (Å²) < 4.78 is 38.9. The highest BCUT2D eigenvalue weighted by Gasteiger charge is 2.30. The molecule has 3 N–H and O–H groups in total. The fourth-order valence-electron chi connectivity index (χ4n) is 10.3. The molecule has 448 valence electrons. The number of hydrogen-bond donors (Lipinski definition) is 3. The Bertz CT molecular complexity index is 4300. The number of ether oxygens (including phenoxy) is 1. The second-order valence-corrected chi connectivity index (χ2v) is 25.6. The molecule has 1 saturated heterocycles. The number of likely N-dealkylation sites (tertiary alicyclic amines) is 1. The van der Waals surface area contributed by atoms with Gasteiger partial charge in [-0.2, -0.15) is 15.3 Å². The predicted molar refractivity (Wildman–Crippen MR) is 335 cm³/mol. The third-order valence-electron chi connectivity index (χ3n) is 16.2. The second kappa shape index (κ2) is 24.9. The Morgan fingerprint density at radius 2 is 1.05 bits per heavy atom. The van der Waals surface area contributed by atoms with Crippen LogP contribution in [0.2, 0.25) is 0 Å². The molecule has 1 unspecified atom stereocenters. The van der Waals surface area contributed by atoms with Crippen molar-refractivity contribution in [1.82, 2.24) is 64.8 Å². The lowest BCUT2D eigenvalue weighted by molar-refractivity contribution is -0.128. The van der Waals surface area contributed by atoms with Crippen LogP contribution in [0.3, 0.4) is 0 Å². The maximum absolute atomic E-state index is 12.5. The van der Waals surface area contributed by atoms with Crippen molar-refractivity contribution < 1.29 is 32.3 Å². The minimum atomic E-state index is -3.35. The van der Waals surface area contributed by atoms with Crippen molar-refractivity contribution in [3.8, 4) is 44.8 Å². The molecule has 1 atom stereocenters. The van der Waals surface area contributed by atoms with E-state index in [4.69, 9.17) is 4.74 Å². The summed E-state index contributed by atoms with van der Waals surface area (Å²) in [7, 11) is -3.35. The number of carbonyl (C=O) groups is 4. The van der Waals surface area contributed by atoms with E-state index >= 15 is 0 Å². The highest BCUT2D eigenvalue weighted by molar-refractivity contribution is 7.90. The summed E-state index contributed by atoms with van der Waals surface area (Å²) in [5.74, 6) is 4.20. The van der Waals surface area contributed by atoms with Crippen molar-refractivity contribution in [2.45, 2.75) is 121 Å². The standard InChI is InChI=1S/C25H25N5O3.C22H22N4O.C20H20N4O3S/c1-16-3-4-18(25(32)28-20-5-6-20)9-24(16)19-11-27-30(14-19)21-10-23(13-26-12-21)33-22-7-8-29(15-22)17(2)31;1-14-2-3-16(22(27)25-19-6-7-19)9-21(14)18-11-24-26(13-18)20-8-17(10-23-12-20)15-4-5-15;1-13-3-4-14(20(25)23-16-5-6-16)7-19(13)15-9-22-24(12-15)17-8-18(11-21-10-17)28(2,26)27/h3-4,9-11,13-14,20,22H,5-8,15H2,1-2H3;2-3,8-13,15,19H,4-7H2,1H3,(H,25,27);3-4,7-12,16H,5-6H2,1-2H3,(H,23,25)/p+1. The Labute approximate surface area is 510 Å². The number of hydrogen-bond acceptors (Lipinski definition) is 12. The average Bonchev–Trinajstić information content (AvgIpc) is 2.97. The van der Waals surface area contributed by atoms with Crippen LogP contribution in [-0.4, -0.2) is 132 Å². The molecule has 6 aliphatic rings. The van der Waals surface area contributed by atoms with Crippen LogP contribution in [0, 0.1) is 20.8 Å². The molecule has 21 heteroatoms. The number of benzene rings is 3. The largest absolute Gasteiger partial charge is 0.481 e. The summed E-state index contributed by atoms with van der Waals surface area (Å²) >= 11 is 0. The van der Waals surface area contributed by atoms with E-state index in [0.29, 0.717) is 71.0 Å². The van der Waals surface area contributed by atoms with Crippen molar-refractivity contribution in [3.63, 3.8) is 0 Å². The predicted octanol–water partition coefficient (Wildman–Crippen LogP) is 8.48. The minimum Gasteiger partial charge on any atom is -0.481 e. The third kappa shape index (κ3) is 14.4. The lowest BCUT2D eigenvalue weighted by Crippen LogP contribution is -2.27. The maximum atomic E-state index is 12.5. The fraction of sp³-hybridized carbons (Fsp3) is 0.313. The topological polar surface area (TPSA) is 244 Å². The van der Waals surface area contributed by atoms with Gasteiger partial charge in [0.2, 0.25) is 11.7 Å². The third-order valence-corrected chi connectivity index (χ3v) is 17.2. The zero-order valence-electron chi connectivity index (χ0n) is 49.7. The van der Waals surface area contributed by atoms with Crippen molar-refractivity contribution in [2.24, 2.45) is 0 Å². The van der Waals surface area contributed by atoms with E-state index in [9.17, 15) is 27.6 Å². The number of allylic oxidation sites excluding steroid dienone is 3. The van der Waals surface area contributed by atoms with Gasteiger partial charge in [0.1, 0.15) is 6.10 Å². The number of rotatable bonds is 16. The van der Waals surface area contributed by atoms with Gasteiger partial charge in [-0.3, -0.25) is 29.1 Å². The van der Waals surface area contributed by atoms with Gasteiger partial charge in [-0.1, -0.05) is 18.2 Å². The summed E-state index contributed by atoms with van der Waals surface area (Å²) in [6.45, 7) is 8.92. The van der Waals surface area contributed by atoms with Crippen LogP contribution in [0.1, 0.15) is 124 Å². The SMILES string of the molecule is CC(=O)N1CCC(OC2=CC(n3cc(-c4cc(C(=O)NC5CC5)ccc4C)cn3)=C=[N+]=C2)C1.Cc1ccc(C(=O)NC2CC2)cc1-c1cnn(-c2cncc(C3CC3)c2)c1.Cc1ccc(C(=O)NC2CC2)cc1-c1cnn(-c2cncc(S(C)(=O)=O)c2)c1. The molecule has 0 spiro atoms. The zero-order valence-corrected chi connectivity index (χ0v) is 50.5. The maximum Gasteiger partial charge on any atom is 0.347 e. The van der Waals surface area contributed by atoms with Crippen LogP contribution in [0.5, 0.6) is 0 Å². The summed E-state index contributed by atoms with van der Waals surface area (Å²) in [5.41, 5.74) is 14.3. The molecule has 2 aliphatic heterocycles. The summed E-state index contributed by atoms with van der Waals surface area (Å²) in [5, 5.41) is 22.4. The molecule has 20 nitrogen and oxygen atoms in total. The second-order valence-electron chi connectivity index (χ2n) is 23.6. The molecule has 4 amide bonds. The molecule has 4 saturated carbocycles. The number of aromatic nitrogens is 8. The Hall–Kier alpha value is -9.81. The van der Waals surface area contributed by atoms with Crippen LogP contribution in [0.15, 0.2) is 145 Å². The quantitative estimate of drug-likeness (QED) is 0.0772. The molecule has 8 aromatic rings. The first-order valence-corrected chi connectivity index (χ1v) is 31.6. The monoisotopic (exact) mass is 1200 g/mol. The van der Waals surface area contributed by atoms with E-state index in [1.807, 2.05) is 110 Å². The Morgan fingerprint density at radius 1 is 0.580 bits per heavy atom. The van der Waals surface area contributed by atoms with Crippen LogP contribution >= 0.6 is 0 Å². The van der Waals surface area contributed by atoms with Crippen LogP contribution in [0.25, 0.3) is 50.5 Å². The van der Waals surface area contributed by atoms with Gasteiger partial charge < -0.3 is 25.6 Å². The van der Waals surface area contributed by atoms with Crippen LogP contribution in [0.4, 0.5) is 0 Å². The molecule has 0 radical (unpaired) electrons. The molecule has 5 aromatic heterocycles. The summed E-state index contributed by atoms with van der Waals surface area (Å²) in [6.07, 6.45) is 31.9. The molecular weight excluding hydrogens is 1130 g/mol. The van der Waals surface area contributed by atoms with Gasteiger partial charge in [-0.05, 0) is 170 Å². The number of pyridine rings is 2. The highest BCUT2D eigenvalue weighted by Crippen LogP contribution is 2.40. The van der Waals surface area contributed by atoms with Gasteiger partial charge in [0.25, 0.3) is 17.7 Å². The Balaban J connectivity index is 0.000000129. The van der Waals surface area contributed by atoms with Crippen molar-refractivity contribution in [3.05, 3.63) is 179 Å². The molecule has 88 heavy (non-hydrogen) atoms. The normalized spacial score (nSPS) is 16.7. The van der Waals surface area contributed by atoms with Crippen molar-refractivity contribution in [1.29, 1.82) is 0 Å².